The number of fused-ring (bicyclic) bond motifs is 1. The Hall–Kier alpha value is -3.06. The van der Waals surface area contributed by atoms with Gasteiger partial charge in [-0.05, 0) is 29.8 Å². The molecule has 0 bridgehead atoms. The van der Waals surface area contributed by atoms with Gasteiger partial charge in [0.15, 0.2) is 9.84 Å². The molecular formula is C19H16N4O2S. The standard InChI is InChI=1S/C19H16N4O2S/c1-26(24,25)15-9-7-13(8-10-15)16-11-20-17-12-21-19(23-18(16)17)22-14-5-3-2-4-6-14/h2-12,16H,1H3,(H,21,22,23). The topological polar surface area (TPSA) is 84.3 Å². The highest BCUT2D eigenvalue weighted by Gasteiger charge is 2.24. The number of sulfone groups is 1. The summed E-state index contributed by atoms with van der Waals surface area (Å²) in [4.78, 5) is 13.6. The lowest BCUT2D eigenvalue weighted by atomic mass is 9.98. The zero-order chi connectivity index (χ0) is 18.1. The number of hydrogen-bond acceptors (Lipinski definition) is 6. The summed E-state index contributed by atoms with van der Waals surface area (Å²) in [6.45, 7) is 0. The molecule has 1 aromatic heterocycles. The lowest BCUT2D eigenvalue weighted by Gasteiger charge is -2.11. The molecular weight excluding hydrogens is 348 g/mol. The van der Waals surface area contributed by atoms with Gasteiger partial charge in [-0.25, -0.2) is 18.4 Å². The molecule has 0 saturated carbocycles. The predicted molar refractivity (Wildman–Crippen MR) is 101 cm³/mol. The molecule has 2 aromatic carbocycles. The summed E-state index contributed by atoms with van der Waals surface area (Å²) < 4.78 is 23.3. The van der Waals surface area contributed by atoms with Gasteiger partial charge in [0.25, 0.3) is 0 Å². The van der Waals surface area contributed by atoms with Crippen LogP contribution in [0.15, 0.2) is 70.7 Å². The van der Waals surface area contributed by atoms with Gasteiger partial charge in [0.05, 0.1) is 22.7 Å². The minimum absolute atomic E-state index is 0.127. The second-order valence-corrected chi connectivity index (χ2v) is 8.07. The summed E-state index contributed by atoms with van der Waals surface area (Å²) in [5.41, 5.74) is 3.36. The van der Waals surface area contributed by atoms with Crippen LogP contribution in [0.3, 0.4) is 0 Å². The van der Waals surface area contributed by atoms with Crippen LogP contribution >= 0.6 is 0 Å². The third kappa shape index (κ3) is 3.21. The van der Waals surface area contributed by atoms with Crippen LogP contribution in [-0.2, 0) is 9.84 Å². The summed E-state index contributed by atoms with van der Waals surface area (Å²) >= 11 is 0. The van der Waals surface area contributed by atoms with E-state index < -0.39 is 9.84 Å². The Labute approximate surface area is 151 Å². The van der Waals surface area contributed by atoms with E-state index in [2.05, 4.69) is 20.3 Å². The van der Waals surface area contributed by atoms with Crippen LogP contribution < -0.4 is 5.32 Å². The molecule has 0 spiro atoms. The lowest BCUT2D eigenvalue weighted by Crippen LogP contribution is -2.05. The molecule has 3 aromatic rings. The van der Waals surface area contributed by atoms with Gasteiger partial charge >= 0.3 is 0 Å². The van der Waals surface area contributed by atoms with Crippen molar-refractivity contribution in [2.24, 2.45) is 4.99 Å². The normalized spacial score (nSPS) is 15.7. The molecule has 4 rings (SSSR count). The van der Waals surface area contributed by atoms with Gasteiger partial charge in [0, 0.05) is 18.2 Å². The molecule has 0 aliphatic carbocycles. The number of nitrogens with one attached hydrogen (secondary N) is 1. The number of nitrogens with zero attached hydrogens (tertiary/aromatic N) is 3. The molecule has 6 nitrogen and oxygen atoms in total. The molecule has 0 amide bonds. The first-order valence-corrected chi connectivity index (χ1v) is 9.93. The first kappa shape index (κ1) is 16.4. The minimum Gasteiger partial charge on any atom is -0.324 e. The highest BCUT2D eigenvalue weighted by atomic mass is 32.2. The molecule has 1 unspecified atom stereocenters. The average Bonchev–Trinajstić information content (AvgIpc) is 3.05. The van der Waals surface area contributed by atoms with E-state index in [0.29, 0.717) is 10.8 Å². The minimum atomic E-state index is -3.21. The Morgan fingerprint density at radius 1 is 1.00 bits per heavy atom. The van der Waals surface area contributed by atoms with Crippen molar-refractivity contribution in [3.63, 3.8) is 0 Å². The highest BCUT2D eigenvalue weighted by molar-refractivity contribution is 7.90. The van der Waals surface area contributed by atoms with E-state index in [1.165, 1.54) is 6.26 Å². The number of rotatable bonds is 4. The zero-order valence-corrected chi connectivity index (χ0v) is 14.8. The van der Waals surface area contributed by atoms with Gasteiger partial charge in [-0.1, -0.05) is 30.3 Å². The van der Waals surface area contributed by atoms with Crippen LogP contribution in [0, 0.1) is 0 Å². The largest absolute Gasteiger partial charge is 0.324 e. The molecule has 0 radical (unpaired) electrons. The Bertz CT molecular complexity index is 1080. The summed E-state index contributed by atoms with van der Waals surface area (Å²) in [6.07, 6.45) is 4.69. The van der Waals surface area contributed by atoms with Gasteiger partial charge in [0.1, 0.15) is 5.69 Å². The van der Waals surface area contributed by atoms with E-state index in [4.69, 9.17) is 0 Å². The van der Waals surface area contributed by atoms with Crippen LogP contribution in [0.4, 0.5) is 17.3 Å². The first-order valence-electron chi connectivity index (χ1n) is 8.04. The van der Waals surface area contributed by atoms with Gasteiger partial charge in [-0.2, -0.15) is 0 Å². The van der Waals surface area contributed by atoms with Gasteiger partial charge < -0.3 is 5.32 Å². The van der Waals surface area contributed by atoms with Gasteiger partial charge in [0.2, 0.25) is 5.95 Å². The van der Waals surface area contributed by atoms with Crippen molar-refractivity contribution in [1.29, 1.82) is 0 Å². The smallest absolute Gasteiger partial charge is 0.227 e. The second-order valence-electron chi connectivity index (χ2n) is 6.05. The zero-order valence-electron chi connectivity index (χ0n) is 14.0. The van der Waals surface area contributed by atoms with Crippen LogP contribution in [-0.4, -0.2) is 30.9 Å². The Kier molecular flexibility index (Phi) is 4.00. The number of para-hydroxylation sites is 1. The fourth-order valence-electron chi connectivity index (χ4n) is 2.82. The van der Waals surface area contributed by atoms with E-state index in [-0.39, 0.29) is 5.92 Å². The van der Waals surface area contributed by atoms with Crippen LogP contribution in [0.1, 0.15) is 17.2 Å². The summed E-state index contributed by atoms with van der Waals surface area (Å²) in [6, 6.07) is 16.5. The Morgan fingerprint density at radius 2 is 1.73 bits per heavy atom. The molecule has 1 N–H and O–H groups in total. The quantitative estimate of drug-likeness (QED) is 0.766. The summed E-state index contributed by atoms with van der Waals surface area (Å²) in [7, 11) is -3.21. The van der Waals surface area contributed by atoms with E-state index in [1.807, 2.05) is 30.3 Å². The Morgan fingerprint density at radius 3 is 2.42 bits per heavy atom. The van der Waals surface area contributed by atoms with E-state index >= 15 is 0 Å². The molecule has 1 aliphatic heterocycles. The highest BCUT2D eigenvalue weighted by Crippen LogP contribution is 2.35. The molecule has 2 heterocycles. The third-order valence-corrected chi connectivity index (χ3v) is 5.28. The maximum Gasteiger partial charge on any atom is 0.227 e. The van der Waals surface area contributed by atoms with E-state index in [9.17, 15) is 8.42 Å². The van der Waals surface area contributed by atoms with Crippen LogP contribution in [0.25, 0.3) is 0 Å². The van der Waals surface area contributed by atoms with Crippen molar-refractivity contribution in [1.82, 2.24) is 9.97 Å². The van der Waals surface area contributed by atoms with E-state index in [1.54, 1.807) is 36.7 Å². The monoisotopic (exact) mass is 364 g/mol. The summed E-state index contributed by atoms with van der Waals surface area (Å²) in [5.74, 6) is 0.371. The number of aliphatic imine (C=N–C) groups is 1. The van der Waals surface area contributed by atoms with Gasteiger partial charge in [-0.15, -0.1) is 0 Å². The molecule has 7 heteroatoms. The van der Waals surface area contributed by atoms with Crippen molar-refractivity contribution in [3.05, 3.63) is 72.1 Å². The van der Waals surface area contributed by atoms with Crippen molar-refractivity contribution < 1.29 is 8.42 Å². The van der Waals surface area contributed by atoms with Gasteiger partial charge in [-0.3, -0.25) is 4.99 Å². The lowest BCUT2D eigenvalue weighted by molar-refractivity contribution is 0.602. The fraction of sp³-hybridized carbons (Fsp3) is 0.105. The first-order chi connectivity index (χ1) is 12.5. The molecule has 1 aliphatic rings. The van der Waals surface area contributed by atoms with Crippen molar-refractivity contribution in [2.75, 3.05) is 11.6 Å². The maximum atomic E-state index is 11.6. The summed E-state index contributed by atoms with van der Waals surface area (Å²) in [5, 5.41) is 3.18. The van der Waals surface area contributed by atoms with Crippen LogP contribution in [0.5, 0.6) is 0 Å². The van der Waals surface area contributed by atoms with Crippen LogP contribution in [0.2, 0.25) is 0 Å². The molecule has 130 valence electrons. The molecule has 26 heavy (non-hydrogen) atoms. The maximum absolute atomic E-state index is 11.6. The number of hydrogen-bond donors (Lipinski definition) is 1. The predicted octanol–water partition coefficient (Wildman–Crippen LogP) is 3.47. The number of anilines is 2. The number of aromatic nitrogens is 2. The molecule has 1 atom stereocenters. The van der Waals surface area contributed by atoms with Crippen molar-refractivity contribution >= 4 is 33.4 Å². The number of benzene rings is 2. The SMILES string of the molecule is CS(=O)(=O)c1ccc(C2C=Nc3cnc(Nc4ccccc4)nc32)cc1. The molecule has 0 saturated heterocycles. The molecule has 0 fully saturated rings. The average molecular weight is 364 g/mol. The fourth-order valence-corrected chi connectivity index (χ4v) is 3.45. The third-order valence-electron chi connectivity index (χ3n) is 4.15. The second kappa shape index (κ2) is 6.34. The van der Waals surface area contributed by atoms with Crippen molar-refractivity contribution in [2.45, 2.75) is 10.8 Å². The van der Waals surface area contributed by atoms with E-state index in [0.717, 1.165) is 22.6 Å². The Balaban J connectivity index is 1.64. The van der Waals surface area contributed by atoms with Crippen molar-refractivity contribution in [3.8, 4) is 0 Å².